The van der Waals surface area contributed by atoms with Crippen molar-refractivity contribution in [2.24, 2.45) is 0 Å². The molecule has 0 bridgehead atoms. The molecule has 0 aliphatic heterocycles. The highest BCUT2D eigenvalue weighted by Gasteiger charge is 2.03. The second-order valence-corrected chi connectivity index (χ2v) is 4.63. The summed E-state index contributed by atoms with van der Waals surface area (Å²) in [6.07, 6.45) is 3.09. The lowest BCUT2D eigenvalue weighted by Crippen LogP contribution is -2.01. The van der Waals surface area contributed by atoms with E-state index in [4.69, 9.17) is 4.74 Å². The van der Waals surface area contributed by atoms with Gasteiger partial charge in [-0.15, -0.1) is 0 Å². The van der Waals surface area contributed by atoms with E-state index < -0.39 is 0 Å². The van der Waals surface area contributed by atoms with Gasteiger partial charge in [-0.25, -0.2) is 4.39 Å². The maximum atomic E-state index is 12.9. The Bertz CT molecular complexity index is 307. The number of hydrogen-bond donors (Lipinski definition) is 0. The lowest BCUT2D eigenvalue weighted by molar-refractivity contribution is 0.316. The molecular weight excluding hydrogens is 279 g/mol. The molecule has 0 aliphatic rings. The van der Waals surface area contributed by atoms with Crippen LogP contribution in [0.5, 0.6) is 5.75 Å². The number of ether oxygens (including phenoxy) is 1. The fourth-order valence-electron chi connectivity index (χ4n) is 1.18. The zero-order valence-corrected chi connectivity index (χ0v) is 11.0. The second-order valence-electron chi connectivity index (χ2n) is 3.08. The molecule has 0 saturated heterocycles. The number of alkyl halides is 1. The van der Waals surface area contributed by atoms with Gasteiger partial charge in [0.25, 0.3) is 0 Å². The van der Waals surface area contributed by atoms with Crippen molar-refractivity contribution in [3.05, 3.63) is 29.6 Å². The molecule has 0 aliphatic carbocycles. The molecule has 4 heteroatoms. The fourth-order valence-corrected chi connectivity index (χ4v) is 2.02. The van der Waals surface area contributed by atoms with Crippen molar-refractivity contribution in [3.8, 4) is 5.75 Å². The molecule has 15 heavy (non-hydrogen) atoms. The Morgan fingerprint density at radius 1 is 1.47 bits per heavy atom. The first-order valence-corrected chi connectivity index (χ1v) is 7.25. The van der Waals surface area contributed by atoms with E-state index in [2.05, 4.69) is 22.2 Å². The Kier molecular flexibility index (Phi) is 6.10. The minimum absolute atomic E-state index is 0.221. The van der Waals surface area contributed by atoms with E-state index in [0.29, 0.717) is 11.9 Å². The Balaban J connectivity index is 2.52. The van der Waals surface area contributed by atoms with E-state index in [9.17, 15) is 4.39 Å². The molecule has 1 rings (SSSR count). The van der Waals surface area contributed by atoms with Crippen LogP contribution in [0.4, 0.5) is 4.39 Å². The average molecular weight is 293 g/mol. The van der Waals surface area contributed by atoms with Crippen molar-refractivity contribution in [3.63, 3.8) is 0 Å². The van der Waals surface area contributed by atoms with E-state index in [1.807, 2.05) is 0 Å². The molecule has 0 atom stereocenters. The van der Waals surface area contributed by atoms with E-state index in [1.54, 1.807) is 17.8 Å². The Labute approximate surface area is 103 Å². The fraction of sp³-hybridized carbons (Fsp3) is 0.455. The number of thioether (sulfide) groups is 1. The minimum atomic E-state index is -0.221. The number of hydrogen-bond acceptors (Lipinski definition) is 2. The van der Waals surface area contributed by atoms with Crippen LogP contribution < -0.4 is 4.74 Å². The van der Waals surface area contributed by atoms with Crippen molar-refractivity contribution < 1.29 is 9.13 Å². The maximum Gasteiger partial charge on any atom is 0.123 e. The Morgan fingerprint density at radius 3 is 2.93 bits per heavy atom. The summed E-state index contributed by atoms with van der Waals surface area (Å²) in [5.41, 5.74) is 0.860. The van der Waals surface area contributed by atoms with Crippen molar-refractivity contribution in [1.29, 1.82) is 0 Å². The molecule has 1 aromatic carbocycles. The molecule has 0 fully saturated rings. The highest BCUT2D eigenvalue weighted by molar-refractivity contribution is 9.08. The molecule has 0 amide bonds. The lowest BCUT2D eigenvalue weighted by Gasteiger charge is -2.09. The third-order valence-electron chi connectivity index (χ3n) is 1.92. The molecular formula is C11H14BrFOS. The van der Waals surface area contributed by atoms with Crippen LogP contribution in [0.2, 0.25) is 0 Å². The smallest absolute Gasteiger partial charge is 0.123 e. The van der Waals surface area contributed by atoms with Crippen molar-refractivity contribution in [2.75, 3.05) is 18.6 Å². The predicted molar refractivity (Wildman–Crippen MR) is 67.5 cm³/mol. The minimum Gasteiger partial charge on any atom is -0.493 e. The SMILES string of the molecule is CSCCCOc1ccc(F)cc1CBr. The largest absolute Gasteiger partial charge is 0.493 e. The molecule has 84 valence electrons. The molecule has 0 saturated carbocycles. The van der Waals surface area contributed by atoms with E-state index in [1.165, 1.54) is 12.1 Å². The summed E-state index contributed by atoms with van der Waals surface area (Å²) in [6.45, 7) is 0.687. The monoisotopic (exact) mass is 292 g/mol. The summed E-state index contributed by atoms with van der Waals surface area (Å²) >= 11 is 5.11. The summed E-state index contributed by atoms with van der Waals surface area (Å²) in [7, 11) is 0. The standard InChI is InChI=1S/C11H14BrFOS/c1-15-6-2-5-14-11-4-3-10(13)7-9(11)8-12/h3-4,7H,2,5-6,8H2,1H3. The Morgan fingerprint density at radius 2 is 2.27 bits per heavy atom. The number of benzene rings is 1. The first kappa shape index (κ1) is 12.8. The van der Waals surface area contributed by atoms with E-state index in [0.717, 1.165) is 23.5 Å². The molecule has 0 radical (unpaired) electrons. The average Bonchev–Trinajstić information content (AvgIpc) is 2.26. The van der Waals surface area contributed by atoms with Crippen molar-refractivity contribution in [2.45, 2.75) is 11.8 Å². The third-order valence-corrected chi connectivity index (χ3v) is 3.22. The van der Waals surface area contributed by atoms with Gasteiger partial charge in [0.15, 0.2) is 0 Å². The molecule has 0 spiro atoms. The molecule has 0 aromatic heterocycles. The molecule has 0 unspecified atom stereocenters. The molecule has 1 aromatic rings. The van der Waals surface area contributed by atoms with Crippen LogP contribution in [0.15, 0.2) is 18.2 Å². The van der Waals surface area contributed by atoms with Gasteiger partial charge in [-0.05, 0) is 36.6 Å². The van der Waals surface area contributed by atoms with Crippen molar-refractivity contribution >= 4 is 27.7 Å². The van der Waals surface area contributed by atoms with Crippen LogP contribution >= 0.6 is 27.7 Å². The molecule has 0 heterocycles. The second kappa shape index (κ2) is 7.12. The van der Waals surface area contributed by atoms with Crippen LogP contribution in [0, 0.1) is 5.82 Å². The van der Waals surface area contributed by atoms with Crippen molar-refractivity contribution in [1.82, 2.24) is 0 Å². The lowest BCUT2D eigenvalue weighted by atomic mass is 10.2. The van der Waals surface area contributed by atoms with Crippen LogP contribution in [-0.2, 0) is 5.33 Å². The van der Waals surface area contributed by atoms with Gasteiger partial charge in [-0.2, -0.15) is 11.8 Å². The first-order chi connectivity index (χ1) is 7.27. The predicted octanol–water partition coefficient (Wildman–Crippen LogP) is 3.85. The molecule has 1 nitrogen and oxygen atoms in total. The summed E-state index contributed by atoms with van der Waals surface area (Å²) in [5, 5.41) is 0.614. The Hall–Kier alpha value is -0.220. The van der Waals surface area contributed by atoms with Gasteiger partial charge in [0.1, 0.15) is 11.6 Å². The highest BCUT2D eigenvalue weighted by atomic mass is 79.9. The summed E-state index contributed by atoms with van der Waals surface area (Å²) < 4.78 is 18.5. The number of halogens is 2. The van der Waals surface area contributed by atoms with E-state index in [-0.39, 0.29) is 5.82 Å². The third kappa shape index (κ3) is 4.43. The van der Waals surface area contributed by atoms with Crippen LogP contribution in [0.1, 0.15) is 12.0 Å². The van der Waals surface area contributed by atoms with Gasteiger partial charge >= 0.3 is 0 Å². The summed E-state index contributed by atoms with van der Waals surface area (Å²) in [6, 6.07) is 4.61. The van der Waals surface area contributed by atoms with Gasteiger partial charge in [0, 0.05) is 10.9 Å². The van der Waals surface area contributed by atoms with Crippen LogP contribution in [0.25, 0.3) is 0 Å². The van der Waals surface area contributed by atoms with Gasteiger partial charge in [0.05, 0.1) is 6.61 Å². The first-order valence-electron chi connectivity index (χ1n) is 4.74. The maximum absolute atomic E-state index is 12.9. The van der Waals surface area contributed by atoms with Gasteiger partial charge in [-0.3, -0.25) is 0 Å². The highest BCUT2D eigenvalue weighted by Crippen LogP contribution is 2.22. The summed E-state index contributed by atoms with van der Waals surface area (Å²) in [4.78, 5) is 0. The van der Waals surface area contributed by atoms with Gasteiger partial charge in [-0.1, -0.05) is 15.9 Å². The quantitative estimate of drug-likeness (QED) is 0.582. The zero-order chi connectivity index (χ0) is 11.1. The van der Waals surface area contributed by atoms with E-state index >= 15 is 0 Å². The van der Waals surface area contributed by atoms with Gasteiger partial charge < -0.3 is 4.74 Å². The van der Waals surface area contributed by atoms with Crippen LogP contribution in [-0.4, -0.2) is 18.6 Å². The molecule has 0 N–H and O–H groups in total. The zero-order valence-electron chi connectivity index (χ0n) is 8.63. The van der Waals surface area contributed by atoms with Gasteiger partial charge in [0.2, 0.25) is 0 Å². The normalized spacial score (nSPS) is 10.3. The summed E-state index contributed by atoms with van der Waals surface area (Å²) in [5.74, 6) is 1.64. The topological polar surface area (TPSA) is 9.23 Å². The van der Waals surface area contributed by atoms with Crippen LogP contribution in [0.3, 0.4) is 0 Å². The number of rotatable bonds is 6.